The SMILES string of the molecule is CC(CCc1ccc(-c2ccccc2)cc1)Oc1ccc(NC(=O)[C@@](C)(N)COP(=O)(O)O)cc1Cl. The van der Waals surface area contributed by atoms with E-state index in [2.05, 4.69) is 46.2 Å². The van der Waals surface area contributed by atoms with E-state index in [1.807, 2.05) is 25.1 Å². The molecule has 10 heteroatoms. The van der Waals surface area contributed by atoms with Gasteiger partial charge in [0.15, 0.2) is 0 Å². The number of nitrogens with one attached hydrogen (secondary N) is 1. The Morgan fingerprint density at radius 3 is 2.33 bits per heavy atom. The van der Waals surface area contributed by atoms with E-state index in [1.165, 1.54) is 29.7 Å². The second-order valence-electron chi connectivity index (χ2n) is 8.81. The highest BCUT2D eigenvalue weighted by Crippen LogP contribution is 2.36. The molecule has 8 nitrogen and oxygen atoms in total. The molecule has 0 saturated carbocycles. The summed E-state index contributed by atoms with van der Waals surface area (Å²) in [6.45, 7) is 2.60. The van der Waals surface area contributed by atoms with Crippen LogP contribution in [0.2, 0.25) is 5.02 Å². The van der Waals surface area contributed by atoms with Crippen molar-refractivity contribution in [3.63, 3.8) is 0 Å². The molecule has 0 spiro atoms. The summed E-state index contributed by atoms with van der Waals surface area (Å²) in [5, 5.41) is 2.87. The van der Waals surface area contributed by atoms with Crippen molar-refractivity contribution in [3.8, 4) is 16.9 Å². The van der Waals surface area contributed by atoms with Crippen molar-refractivity contribution >= 4 is 31.0 Å². The topological polar surface area (TPSA) is 131 Å². The van der Waals surface area contributed by atoms with Crippen LogP contribution in [-0.4, -0.2) is 33.9 Å². The number of aryl methyl sites for hydroxylation is 1. The molecular weight excluding hydrogens is 503 g/mol. The number of amides is 1. The minimum absolute atomic E-state index is 0.103. The number of phosphoric ester groups is 1. The van der Waals surface area contributed by atoms with E-state index >= 15 is 0 Å². The van der Waals surface area contributed by atoms with Crippen LogP contribution in [0.3, 0.4) is 0 Å². The van der Waals surface area contributed by atoms with Crippen molar-refractivity contribution in [2.75, 3.05) is 11.9 Å². The number of rotatable bonds is 11. The Balaban J connectivity index is 1.52. The fraction of sp³-hybridized carbons (Fsp3) is 0.269. The van der Waals surface area contributed by atoms with E-state index < -0.39 is 25.9 Å². The van der Waals surface area contributed by atoms with Crippen LogP contribution in [0.5, 0.6) is 5.75 Å². The molecule has 0 aliphatic heterocycles. The average Bonchev–Trinajstić information content (AvgIpc) is 2.84. The number of carbonyl (C=O) groups is 1. The van der Waals surface area contributed by atoms with Gasteiger partial charge in [0.2, 0.25) is 5.91 Å². The molecule has 36 heavy (non-hydrogen) atoms. The lowest BCUT2D eigenvalue weighted by Gasteiger charge is -2.23. The first-order valence-corrected chi connectivity index (χ1v) is 13.2. The van der Waals surface area contributed by atoms with Gasteiger partial charge in [-0.3, -0.25) is 9.32 Å². The van der Waals surface area contributed by atoms with Gasteiger partial charge in [-0.15, -0.1) is 0 Å². The van der Waals surface area contributed by atoms with Gasteiger partial charge in [0.1, 0.15) is 11.3 Å². The second-order valence-corrected chi connectivity index (χ2v) is 10.5. The Hall–Kier alpha value is -2.71. The molecule has 0 radical (unpaired) electrons. The molecule has 3 rings (SSSR count). The normalized spacial score (nSPS) is 14.1. The number of benzene rings is 3. The summed E-state index contributed by atoms with van der Waals surface area (Å²) in [7, 11) is -4.75. The molecular formula is C26H30ClN2O6P. The second kappa shape index (κ2) is 12.0. The standard InChI is InChI=1S/C26H30ClN2O6P/c1-18(8-9-19-10-12-21(13-11-19)20-6-4-3-5-7-20)35-24-15-14-22(16-23(24)27)29-25(30)26(2,28)17-34-36(31,32)33/h3-7,10-16,18H,8-9,17,28H2,1-2H3,(H,29,30)(H2,31,32,33)/t18?,26-/m0/s1. The van der Waals surface area contributed by atoms with Gasteiger partial charge in [0.25, 0.3) is 0 Å². The zero-order valence-electron chi connectivity index (χ0n) is 20.1. The lowest BCUT2D eigenvalue weighted by molar-refractivity contribution is -0.121. The molecule has 0 bridgehead atoms. The zero-order chi connectivity index (χ0) is 26.3. The van der Waals surface area contributed by atoms with Crippen molar-refractivity contribution in [2.24, 2.45) is 5.73 Å². The Kier molecular flexibility index (Phi) is 9.30. The van der Waals surface area contributed by atoms with Crippen LogP contribution in [0.15, 0.2) is 72.8 Å². The first-order chi connectivity index (χ1) is 16.9. The molecule has 0 aromatic heterocycles. The maximum absolute atomic E-state index is 12.4. The lowest BCUT2D eigenvalue weighted by Crippen LogP contribution is -2.52. The molecule has 0 aliphatic carbocycles. The summed E-state index contributed by atoms with van der Waals surface area (Å²) < 4.78 is 21.2. The number of anilines is 1. The Bertz CT molecular complexity index is 1210. The largest absolute Gasteiger partial charge is 0.489 e. The van der Waals surface area contributed by atoms with E-state index in [4.69, 9.17) is 31.9 Å². The number of ether oxygens (including phenoxy) is 1. The summed E-state index contributed by atoms with van der Waals surface area (Å²) >= 11 is 6.35. The Morgan fingerprint density at radius 1 is 1.08 bits per heavy atom. The third-order valence-electron chi connectivity index (χ3n) is 5.47. The highest BCUT2D eigenvalue weighted by atomic mass is 35.5. The maximum atomic E-state index is 12.4. The van der Waals surface area contributed by atoms with Crippen molar-refractivity contribution in [1.29, 1.82) is 0 Å². The molecule has 3 aromatic rings. The highest BCUT2D eigenvalue weighted by molar-refractivity contribution is 7.46. The van der Waals surface area contributed by atoms with Gasteiger partial charge in [-0.05, 0) is 61.6 Å². The van der Waals surface area contributed by atoms with Crippen LogP contribution >= 0.6 is 19.4 Å². The average molecular weight is 533 g/mol. The van der Waals surface area contributed by atoms with Crippen molar-refractivity contribution in [1.82, 2.24) is 0 Å². The first-order valence-electron chi connectivity index (χ1n) is 11.3. The molecule has 192 valence electrons. The van der Waals surface area contributed by atoms with Crippen molar-refractivity contribution < 1.29 is 28.4 Å². The maximum Gasteiger partial charge on any atom is 0.469 e. The predicted molar refractivity (Wildman–Crippen MR) is 141 cm³/mol. The van der Waals surface area contributed by atoms with Crippen molar-refractivity contribution in [2.45, 2.75) is 38.3 Å². The monoisotopic (exact) mass is 532 g/mol. The number of hydrogen-bond acceptors (Lipinski definition) is 5. The first kappa shape index (κ1) is 27.9. The summed E-state index contributed by atoms with van der Waals surface area (Å²) in [6.07, 6.45) is 1.52. The van der Waals surface area contributed by atoms with Gasteiger partial charge in [-0.2, -0.15) is 0 Å². The summed E-state index contributed by atoms with van der Waals surface area (Å²) in [5.74, 6) is -0.214. The Morgan fingerprint density at radius 2 is 1.72 bits per heavy atom. The van der Waals surface area contributed by atoms with Gasteiger partial charge in [-0.1, -0.05) is 66.2 Å². The van der Waals surface area contributed by atoms with Crippen molar-refractivity contribution in [3.05, 3.63) is 83.4 Å². The summed E-state index contributed by atoms with van der Waals surface area (Å²) in [5.41, 5.74) is 8.08. The van der Waals surface area contributed by atoms with Gasteiger partial charge in [0, 0.05) is 5.69 Å². The molecule has 0 heterocycles. The molecule has 3 aromatic carbocycles. The lowest BCUT2D eigenvalue weighted by atomic mass is 10.0. The van der Waals surface area contributed by atoms with E-state index in [1.54, 1.807) is 12.1 Å². The van der Waals surface area contributed by atoms with Crippen LogP contribution in [-0.2, 0) is 20.3 Å². The van der Waals surface area contributed by atoms with Gasteiger partial charge in [-0.25, -0.2) is 4.57 Å². The minimum atomic E-state index is -4.75. The Labute approximate surface area is 215 Å². The number of carbonyl (C=O) groups excluding carboxylic acids is 1. The van der Waals surface area contributed by atoms with Crippen LogP contribution in [0.4, 0.5) is 5.69 Å². The summed E-state index contributed by atoms with van der Waals surface area (Å²) in [6, 6.07) is 23.4. The summed E-state index contributed by atoms with van der Waals surface area (Å²) in [4.78, 5) is 30.0. The predicted octanol–water partition coefficient (Wildman–Crippen LogP) is 5.17. The third kappa shape index (κ3) is 8.45. The molecule has 0 aliphatic rings. The smallest absolute Gasteiger partial charge is 0.469 e. The fourth-order valence-corrected chi connectivity index (χ4v) is 4.03. The minimum Gasteiger partial charge on any atom is -0.489 e. The third-order valence-corrected chi connectivity index (χ3v) is 6.23. The van der Waals surface area contributed by atoms with Gasteiger partial charge < -0.3 is 25.6 Å². The quantitative estimate of drug-likeness (QED) is 0.250. The number of nitrogens with two attached hydrogens (primary N) is 1. The number of halogens is 1. The molecule has 5 N–H and O–H groups in total. The molecule has 1 unspecified atom stereocenters. The number of hydrogen-bond donors (Lipinski definition) is 4. The van der Waals surface area contributed by atoms with Crippen LogP contribution in [0, 0.1) is 0 Å². The zero-order valence-corrected chi connectivity index (χ0v) is 21.7. The highest BCUT2D eigenvalue weighted by Gasteiger charge is 2.32. The molecule has 1 amide bonds. The van der Waals surface area contributed by atoms with E-state index in [0.717, 1.165) is 12.8 Å². The van der Waals surface area contributed by atoms with Crippen LogP contribution < -0.4 is 15.8 Å². The molecule has 0 saturated heterocycles. The van der Waals surface area contributed by atoms with Crippen LogP contribution in [0.25, 0.3) is 11.1 Å². The van der Waals surface area contributed by atoms with Crippen LogP contribution in [0.1, 0.15) is 25.8 Å². The molecule has 0 fully saturated rings. The molecule has 2 atom stereocenters. The number of phosphoric acid groups is 1. The van der Waals surface area contributed by atoms with E-state index in [0.29, 0.717) is 16.5 Å². The van der Waals surface area contributed by atoms with Gasteiger partial charge in [0.05, 0.1) is 17.7 Å². The van der Waals surface area contributed by atoms with Gasteiger partial charge >= 0.3 is 7.82 Å². The van der Waals surface area contributed by atoms with E-state index in [9.17, 15) is 9.36 Å². The fourth-order valence-electron chi connectivity index (χ4n) is 3.37. The van der Waals surface area contributed by atoms with E-state index in [-0.39, 0.29) is 6.10 Å².